The monoisotopic (exact) mass is 344 g/mol. The van der Waals surface area contributed by atoms with Gasteiger partial charge in [0.1, 0.15) is 5.82 Å². The highest BCUT2D eigenvalue weighted by molar-refractivity contribution is 5.77. The van der Waals surface area contributed by atoms with Gasteiger partial charge < -0.3 is 9.88 Å². The summed E-state index contributed by atoms with van der Waals surface area (Å²) in [7, 11) is 1.86. The molecule has 0 radical (unpaired) electrons. The molecular weight excluding hydrogens is 328 g/mol. The molecule has 3 aromatic heterocycles. The van der Waals surface area contributed by atoms with E-state index in [0.29, 0.717) is 29.2 Å². The van der Waals surface area contributed by atoms with E-state index in [0.717, 1.165) is 11.3 Å². The Morgan fingerprint density at radius 3 is 2.77 bits per heavy atom. The third-order valence-electron chi connectivity index (χ3n) is 3.99. The van der Waals surface area contributed by atoms with Crippen LogP contribution in [-0.4, -0.2) is 32.0 Å². The number of H-pyrrole nitrogens is 1. The Hall–Kier alpha value is -3.61. The van der Waals surface area contributed by atoms with Gasteiger partial charge in [-0.2, -0.15) is 0 Å². The topological polar surface area (TPSA) is 87.7 Å². The van der Waals surface area contributed by atoms with Crippen LogP contribution in [0, 0.1) is 0 Å². The summed E-state index contributed by atoms with van der Waals surface area (Å²) in [6.07, 6.45) is 5.19. The first-order valence-electron chi connectivity index (χ1n) is 8.13. The summed E-state index contributed by atoms with van der Waals surface area (Å²) in [6.45, 7) is 0.385. The lowest BCUT2D eigenvalue weighted by molar-refractivity contribution is 0.809. The maximum absolute atomic E-state index is 12.2. The fourth-order valence-electron chi connectivity index (χ4n) is 2.71. The van der Waals surface area contributed by atoms with Gasteiger partial charge in [-0.15, -0.1) is 0 Å². The van der Waals surface area contributed by atoms with Crippen molar-refractivity contribution in [1.82, 2.24) is 24.9 Å². The van der Waals surface area contributed by atoms with E-state index in [-0.39, 0.29) is 5.56 Å². The first kappa shape index (κ1) is 15.9. The van der Waals surface area contributed by atoms with Gasteiger partial charge in [0.05, 0.1) is 23.1 Å². The summed E-state index contributed by atoms with van der Waals surface area (Å²) in [6, 6.07) is 12.9. The number of rotatable bonds is 4. The van der Waals surface area contributed by atoms with Crippen molar-refractivity contribution in [3.63, 3.8) is 0 Å². The molecule has 128 valence electrons. The molecule has 0 atom stereocenters. The van der Waals surface area contributed by atoms with Gasteiger partial charge in [0, 0.05) is 31.2 Å². The lowest BCUT2D eigenvalue weighted by Crippen LogP contribution is -2.23. The molecule has 0 saturated carbocycles. The summed E-state index contributed by atoms with van der Waals surface area (Å²) in [4.78, 5) is 34.4. The van der Waals surface area contributed by atoms with E-state index in [9.17, 15) is 4.79 Å². The zero-order valence-corrected chi connectivity index (χ0v) is 14.1. The van der Waals surface area contributed by atoms with Crippen LogP contribution in [0.25, 0.3) is 22.2 Å². The van der Waals surface area contributed by atoms with Crippen LogP contribution in [0.2, 0.25) is 0 Å². The molecule has 0 unspecified atom stereocenters. The fraction of sp³-hybridized carbons (Fsp3) is 0.105. The van der Waals surface area contributed by atoms with Crippen molar-refractivity contribution in [2.45, 2.75) is 6.54 Å². The highest BCUT2D eigenvalue weighted by Crippen LogP contribution is 2.18. The number of aromatic amines is 1. The van der Waals surface area contributed by atoms with Crippen molar-refractivity contribution in [1.29, 1.82) is 0 Å². The molecule has 0 aliphatic heterocycles. The SMILES string of the molecule is CN(Cc1nc2ccccc2c(=O)[nH]1)c1nccc(-c2cccnc2)n1. The maximum atomic E-state index is 12.2. The fourth-order valence-corrected chi connectivity index (χ4v) is 2.71. The van der Waals surface area contributed by atoms with Gasteiger partial charge in [-0.1, -0.05) is 12.1 Å². The number of anilines is 1. The third kappa shape index (κ3) is 3.14. The molecule has 0 aliphatic carbocycles. The van der Waals surface area contributed by atoms with Crippen molar-refractivity contribution >= 4 is 16.9 Å². The van der Waals surface area contributed by atoms with E-state index in [2.05, 4.69) is 24.9 Å². The molecule has 0 spiro atoms. The normalized spacial score (nSPS) is 10.8. The minimum atomic E-state index is -0.149. The van der Waals surface area contributed by atoms with Crippen LogP contribution < -0.4 is 10.5 Å². The number of nitrogens with zero attached hydrogens (tertiary/aromatic N) is 5. The first-order valence-corrected chi connectivity index (χ1v) is 8.13. The number of benzene rings is 1. The largest absolute Gasteiger partial charge is 0.336 e. The van der Waals surface area contributed by atoms with E-state index in [1.165, 1.54) is 0 Å². The van der Waals surface area contributed by atoms with Crippen LogP contribution in [0.3, 0.4) is 0 Å². The zero-order valence-electron chi connectivity index (χ0n) is 14.1. The van der Waals surface area contributed by atoms with Gasteiger partial charge in [-0.25, -0.2) is 15.0 Å². The van der Waals surface area contributed by atoms with E-state index >= 15 is 0 Å². The summed E-state index contributed by atoms with van der Waals surface area (Å²) in [5.41, 5.74) is 2.23. The molecule has 0 bridgehead atoms. The van der Waals surface area contributed by atoms with E-state index in [4.69, 9.17) is 0 Å². The summed E-state index contributed by atoms with van der Waals surface area (Å²) in [5.74, 6) is 1.11. The molecule has 1 N–H and O–H groups in total. The molecule has 26 heavy (non-hydrogen) atoms. The molecule has 0 amide bonds. The van der Waals surface area contributed by atoms with Gasteiger partial charge in [-0.05, 0) is 30.3 Å². The zero-order chi connectivity index (χ0) is 17.9. The van der Waals surface area contributed by atoms with Gasteiger partial charge in [0.2, 0.25) is 5.95 Å². The number of aromatic nitrogens is 5. The first-order chi connectivity index (χ1) is 12.7. The summed E-state index contributed by atoms with van der Waals surface area (Å²) < 4.78 is 0. The quantitative estimate of drug-likeness (QED) is 0.612. The minimum Gasteiger partial charge on any atom is -0.336 e. The van der Waals surface area contributed by atoms with Crippen LogP contribution in [0.15, 0.2) is 65.8 Å². The van der Waals surface area contributed by atoms with Crippen molar-refractivity contribution in [3.05, 3.63) is 77.2 Å². The summed E-state index contributed by atoms with van der Waals surface area (Å²) in [5, 5.41) is 0.578. The smallest absolute Gasteiger partial charge is 0.258 e. The van der Waals surface area contributed by atoms with Crippen molar-refractivity contribution < 1.29 is 0 Å². The van der Waals surface area contributed by atoms with E-state index in [1.54, 1.807) is 24.7 Å². The Morgan fingerprint density at radius 2 is 1.92 bits per heavy atom. The Bertz CT molecular complexity index is 1110. The second-order valence-electron chi connectivity index (χ2n) is 5.87. The van der Waals surface area contributed by atoms with Crippen LogP contribution in [0.1, 0.15) is 5.82 Å². The molecule has 4 rings (SSSR count). The minimum absolute atomic E-state index is 0.149. The van der Waals surface area contributed by atoms with Crippen molar-refractivity contribution in [3.8, 4) is 11.3 Å². The van der Waals surface area contributed by atoms with Gasteiger partial charge in [-0.3, -0.25) is 9.78 Å². The second kappa shape index (κ2) is 6.72. The lowest BCUT2D eigenvalue weighted by Gasteiger charge is -2.17. The molecule has 0 fully saturated rings. The molecule has 1 aromatic carbocycles. The van der Waals surface area contributed by atoms with Crippen LogP contribution in [-0.2, 0) is 6.54 Å². The Kier molecular flexibility index (Phi) is 4.10. The van der Waals surface area contributed by atoms with Crippen molar-refractivity contribution in [2.75, 3.05) is 11.9 Å². The average molecular weight is 344 g/mol. The lowest BCUT2D eigenvalue weighted by atomic mass is 10.2. The van der Waals surface area contributed by atoms with Gasteiger partial charge in [0.25, 0.3) is 5.56 Å². The predicted molar refractivity (Wildman–Crippen MR) is 99.7 cm³/mol. The number of hydrogen-bond donors (Lipinski definition) is 1. The Labute approximate surface area is 149 Å². The highest BCUT2D eigenvalue weighted by Gasteiger charge is 2.10. The molecule has 7 heteroatoms. The van der Waals surface area contributed by atoms with Crippen molar-refractivity contribution in [2.24, 2.45) is 0 Å². The van der Waals surface area contributed by atoms with Gasteiger partial charge in [0.15, 0.2) is 0 Å². The molecule has 3 heterocycles. The molecular formula is C19H16N6O. The van der Waals surface area contributed by atoms with E-state index in [1.807, 2.05) is 48.3 Å². The predicted octanol–water partition coefficient (Wildman–Crippen LogP) is 2.41. The highest BCUT2D eigenvalue weighted by atomic mass is 16.1. The van der Waals surface area contributed by atoms with Gasteiger partial charge >= 0.3 is 0 Å². The maximum Gasteiger partial charge on any atom is 0.258 e. The second-order valence-corrected chi connectivity index (χ2v) is 5.87. The Balaban J connectivity index is 1.63. The summed E-state index contributed by atoms with van der Waals surface area (Å²) >= 11 is 0. The Morgan fingerprint density at radius 1 is 1.04 bits per heavy atom. The van der Waals surface area contributed by atoms with E-state index < -0.39 is 0 Å². The molecule has 0 aliphatic rings. The number of nitrogens with one attached hydrogen (secondary N) is 1. The number of hydrogen-bond acceptors (Lipinski definition) is 6. The standard InChI is InChI=1S/C19H16N6O/c1-25(12-17-22-16-7-3-2-6-14(16)18(26)24-17)19-21-10-8-15(23-19)13-5-4-9-20-11-13/h2-11H,12H2,1H3,(H,22,24,26). The average Bonchev–Trinajstić information content (AvgIpc) is 2.69. The molecule has 7 nitrogen and oxygen atoms in total. The third-order valence-corrected chi connectivity index (χ3v) is 3.99. The molecule has 0 saturated heterocycles. The number of pyridine rings is 1. The van der Waals surface area contributed by atoms with Crippen LogP contribution in [0.4, 0.5) is 5.95 Å². The molecule has 4 aromatic rings. The van der Waals surface area contributed by atoms with Crippen LogP contribution >= 0.6 is 0 Å². The number of fused-ring (bicyclic) bond motifs is 1. The van der Waals surface area contributed by atoms with Crippen LogP contribution in [0.5, 0.6) is 0 Å². The number of para-hydroxylation sites is 1.